The minimum Gasteiger partial charge on any atom is -0.363 e. The van der Waals surface area contributed by atoms with Gasteiger partial charge in [0.25, 0.3) is 11.4 Å². The number of nitro benzene ring substituents is 2. The van der Waals surface area contributed by atoms with E-state index >= 15 is 0 Å². The highest BCUT2D eigenvalue weighted by Gasteiger charge is 2.48. The van der Waals surface area contributed by atoms with Crippen molar-refractivity contribution in [2.45, 2.75) is 51.6 Å². The van der Waals surface area contributed by atoms with E-state index in [1.807, 2.05) is 0 Å². The molecule has 26 heavy (non-hydrogen) atoms. The Morgan fingerprint density at radius 2 is 1.42 bits per heavy atom. The lowest BCUT2D eigenvalue weighted by Gasteiger charge is -2.49. The van der Waals surface area contributed by atoms with Crippen LogP contribution < -0.4 is 0 Å². The average Bonchev–Trinajstić information content (AvgIpc) is 2.48. The number of carbonyl (C=O) groups excluding carboxylic acids is 2. The van der Waals surface area contributed by atoms with Crippen molar-refractivity contribution in [3.63, 3.8) is 0 Å². The Labute approximate surface area is 149 Å². The molecule has 1 aromatic rings. The summed E-state index contributed by atoms with van der Waals surface area (Å²) in [6, 6.07) is 2.61. The van der Waals surface area contributed by atoms with Gasteiger partial charge in [-0.3, -0.25) is 25.0 Å². The van der Waals surface area contributed by atoms with Crippen LogP contribution in [-0.4, -0.2) is 37.7 Å². The van der Waals surface area contributed by atoms with Crippen LogP contribution >= 0.6 is 0 Å². The number of Topliss-reactive ketones (excluding diaryl/α,β-unsaturated/α-hetero) is 1. The molecule has 140 valence electrons. The highest BCUT2D eigenvalue weighted by molar-refractivity contribution is 5.91. The molecule has 0 radical (unpaired) electrons. The zero-order valence-corrected chi connectivity index (χ0v) is 14.8. The number of benzene rings is 1. The Bertz CT molecular complexity index is 749. The topological polar surface area (TPSA) is 133 Å². The highest BCUT2D eigenvalue weighted by atomic mass is 16.7. The quantitative estimate of drug-likeness (QED) is 0.587. The first-order valence-corrected chi connectivity index (χ1v) is 7.82. The standard InChI is InChI=1S/C16H19N3O7/c1-15(2)8-13(20)9-16(3,4)19(15)26-14(21)10-5-11(17(22)23)7-12(6-10)18(24)25/h5-7H,8-9H2,1-4H3. The van der Waals surface area contributed by atoms with Crippen LogP contribution in [0.15, 0.2) is 18.2 Å². The fraction of sp³-hybridized carbons (Fsp3) is 0.500. The summed E-state index contributed by atoms with van der Waals surface area (Å²) in [5.74, 6) is -0.939. The zero-order chi connectivity index (χ0) is 19.9. The minimum absolute atomic E-state index is 0.0262. The molecule has 0 unspecified atom stereocenters. The van der Waals surface area contributed by atoms with Crippen LogP contribution in [0.3, 0.4) is 0 Å². The number of hydrogen-bond acceptors (Lipinski definition) is 8. The molecule has 0 bridgehead atoms. The molecule has 0 aromatic heterocycles. The summed E-state index contributed by atoms with van der Waals surface area (Å²) in [4.78, 5) is 50.2. The predicted molar refractivity (Wildman–Crippen MR) is 89.4 cm³/mol. The lowest BCUT2D eigenvalue weighted by molar-refractivity contribution is -0.394. The molecule has 1 aliphatic rings. The largest absolute Gasteiger partial charge is 0.363 e. The third-order valence-corrected chi connectivity index (χ3v) is 4.09. The highest BCUT2D eigenvalue weighted by Crippen LogP contribution is 2.37. The SMILES string of the molecule is CC1(C)CC(=O)CC(C)(C)N1OC(=O)c1cc([N+](=O)[O-])cc([N+](=O)[O-])c1. The second-order valence-corrected chi connectivity index (χ2v) is 7.44. The Balaban J connectivity index is 2.38. The molecule has 1 aromatic carbocycles. The van der Waals surface area contributed by atoms with Crippen molar-refractivity contribution in [2.75, 3.05) is 0 Å². The summed E-state index contributed by atoms with van der Waals surface area (Å²) in [6.07, 6.45) is 0.331. The van der Waals surface area contributed by atoms with Crippen molar-refractivity contribution in [1.82, 2.24) is 5.06 Å². The lowest BCUT2D eigenvalue weighted by atomic mass is 9.81. The number of piperidine rings is 1. The van der Waals surface area contributed by atoms with Crippen LogP contribution in [0.1, 0.15) is 50.9 Å². The molecule has 1 aliphatic heterocycles. The molecular formula is C16H19N3O7. The summed E-state index contributed by atoms with van der Waals surface area (Å²) in [7, 11) is 0. The molecule has 0 atom stereocenters. The molecule has 0 amide bonds. The summed E-state index contributed by atoms with van der Waals surface area (Å²) in [6.45, 7) is 6.92. The fourth-order valence-electron chi connectivity index (χ4n) is 3.30. The number of nitrogens with zero attached hydrogens (tertiary/aromatic N) is 3. The number of carbonyl (C=O) groups is 2. The monoisotopic (exact) mass is 365 g/mol. The number of nitro groups is 2. The van der Waals surface area contributed by atoms with Gasteiger partial charge in [-0.05, 0) is 27.7 Å². The Kier molecular flexibility index (Phi) is 4.82. The molecule has 10 nitrogen and oxygen atoms in total. The Hall–Kier alpha value is -2.88. The zero-order valence-electron chi connectivity index (χ0n) is 14.8. The van der Waals surface area contributed by atoms with Gasteiger partial charge in [-0.15, -0.1) is 5.06 Å². The van der Waals surface area contributed by atoms with Gasteiger partial charge in [0.2, 0.25) is 0 Å². The van der Waals surface area contributed by atoms with Crippen LogP contribution in [0.2, 0.25) is 0 Å². The van der Waals surface area contributed by atoms with E-state index in [0.717, 1.165) is 18.2 Å². The van der Waals surface area contributed by atoms with Crippen molar-refractivity contribution in [3.8, 4) is 0 Å². The molecule has 0 N–H and O–H groups in total. The van der Waals surface area contributed by atoms with Crippen molar-refractivity contribution < 1.29 is 24.3 Å². The van der Waals surface area contributed by atoms with E-state index in [1.165, 1.54) is 5.06 Å². The van der Waals surface area contributed by atoms with Crippen molar-refractivity contribution in [3.05, 3.63) is 44.0 Å². The van der Waals surface area contributed by atoms with Crippen LogP contribution in [0.5, 0.6) is 0 Å². The number of rotatable bonds is 4. The van der Waals surface area contributed by atoms with Gasteiger partial charge < -0.3 is 4.84 Å². The van der Waals surface area contributed by atoms with E-state index in [9.17, 15) is 29.8 Å². The van der Waals surface area contributed by atoms with Gasteiger partial charge in [0.05, 0.1) is 32.6 Å². The normalized spacial score (nSPS) is 19.0. The summed E-state index contributed by atoms with van der Waals surface area (Å²) in [5, 5.41) is 23.3. The van der Waals surface area contributed by atoms with E-state index in [0.29, 0.717) is 0 Å². The first-order valence-electron chi connectivity index (χ1n) is 7.82. The summed E-state index contributed by atoms with van der Waals surface area (Å²) < 4.78 is 0. The van der Waals surface area contributed by atoms with Crippen molar-refractivity contribution in [1.29, 1.82) is 0 Å². The maximum Gasteiger partial charge on any atom is 0.357 e. The molecule has 10 heteroatoms. The minimum atomic E-state index is -0.965. The smallest absolute Gasteiger partial charge is 0.357 e. The van der Waals surface area contributed by atoms with E-state index in [4.69, 9.17) is 4.84 Å². The Morgan fingerprint density at radius 3 is 1.81 bits per heavy atom. The van der Waals surface area contributed by atoms with Gasteiger partial charge in [0.15, 0.2) is 0 Å². The number of hydrogen-bond donors (Lipinski definition) is 0. The summed E-state index contributed by atoms with van der Waals surface area (Å²) >= 11 is 0. The van der Waals surface area contributed by atoms with Gasteiger partial charge in [-0.25, -0.2) is 4.79 Å². The number of non-ortho nitro benzene ring substituents is 2. The molecule has 0 saturated carbocycles. The van der Waals surface area contributed by atoms with Crippen molar-refractivity contribution in [2.24, 2.45) is 0 Å². The first-order chi connectivity index (χ1) is 11.8. The maximum absolute atomic E-state index is 12.5. The third-order valence-electron chi connectivity index (χ3n) is 4.09. The molecule has 1 saturated heterocycles. The van der Waals surface area contributed by atoms with Crippen LogP contribution in [0.25, 0.3) is 0 Å². The molecule has 0 aliphatic carbocycles. The molecule has 2 rings (SSSR count). The molecule has 1 fully saturated rings. The van der Waals surface area contributed by atoms with Gasteiger partial charge in [0, 0.05) is 25.0 Å². The first kappa shape index (κ1) is 19.4. The summed E-state index contributed by atoms with van der Waals surface area (Å²) in [5.41, 5.74) is -3.06. The maximum atomic E-state index is 12.5. The Morgan fingerprint density at radius 1 is 1.00 bits per heavy atom. The van der Waals surface area contributed by atoms with Gasteiger partial charge in [-0.1, -0.05) is 0 Å². The van der Waals surface area contributed by atoms with Gasteiger partial charge in [-0.2, -0.15) is 0 Å². The second-order valence-electron chi connectivity index (χ2n) is 7.44. The van der Waals surface area contributed by atoms with Gasteiger partial charge >= 0.3 is 5.97 Å². The van der Waals surface area contributed by atoms with Crippen LogP contribution in [0, 0.1) is 20.2 Å². The van der Waals surface area contributed by atoms with E-state index in [2.05, 4.69) is 0 Å². The third kappa shape index (κ3) is 3.85. The van der Waals surface area contributed by atoms with E-state index in [1.54, 1.807) is 27.7 Å². The molecule has 1 heterocycles. The number of hydroxylamine groups is 2. The van der Waals surface area contributed by atoms with E-state index in [-0.39, 0.29) is 24.2 Å². The number of ketones is 1. The predicted octanol–water partition coefficient (Wildman–Crippen LogP) is 2.80. The van der Waals surface area contributed by atoms with E-state index < -0.39 is 38.3 Å². The molecular weight excluding hydrogens is 346 g/mol. The van der Waals surface area contributed by atoms with Crippen LogP contribution in [-0.2, 0) is 9.63 Å². The van der Waals surface area contributed by atoms with Crippen LogP contribution in [0.4, 0.5) is 11.4 Å². The molecule has 0 spiro atoms. The van der Waals surface area contributed by atoms with Crippen molar-refractivity contribution >= 4 is 23.1 Å². The lowest BCUT2D eigenvalue weighted by Crippen LogP contribution is -2.61. The fourth-order valence-corrected chi connectivity index (χ4v) is 3.30. The average molecular weight is 365 g/mol. The van der Waals surface area contributed by atoms with Gasteiger partial charge in [0.1, 0.15) is 5.78 Å². The second kappa shape index (κ2) is 6.45.